The van der Waals surface area contributed by atoms with Crippen molar-refractivity contribution in [3.05, 3.63) is 35.1 Å². The summed E-state index contributed by atoms with van der Waals surface area (Å²) in [7, 11) is 0. The summed E-state index contributed by atoms with van der Waals surface area (Å²) in [4.78, 5) is 23.3. The first-order chi connectivity index (χ1) is 9.61. The van der Waals surface area contributed by atoms with E-state index in [1.54, 1.807) is 6.92 Å². The van der Waals surface area contributed by atoms with Crippen LogP contribution in [0.2, 0.25) is 0 Å². The zero-order chi connectivity index (χ0) is 15.0. The van der Waals surface area contributed by atoms with Crippen molar-refractivity contribution in [3.8, 4) is 0 Å². The van der Waals surface area contributed by atoms with E-state index in [0.29, 0.717) is 6.61 Å². The van der Waals surface area contributed by atoms with Crippen LogP contribution in [0.25, 0.3) is 0 Å². The topological polar surface area (TPSA) is 52.6 Å². The minimum absolute atomic E-state index is 0.0000477. The first-order valence-electron chi connectivity index (χ1n) is 6.68. The van der Waals surface area contributed by atoms with Crippen molar-refractivity contribution >= 4 is 11.8 Å². The molecule has 0 heterocycles. The first-order valence-corrected chi connectivity index (χ1v) is 6.68. The van der Waals surface area contributed by atoms with Crippen LogP contribution in [0, 0.1) is 5.82 Å². The van der Waals surface area contributed by atoms with Crippen molar-refractivity contribution in [2.45, 2.75) is 33.3 Å². The lowest BCUT2D eigenvalue weighted by atomic mass is 10.0. The second-order valence-corrected chi connectivity index (χ2v) is 4.22. The lowest BCUT2D eigenvalue weighted by Gasteiger charge is -2.10. The molecule has 20 heavy (non-hydrogen) atoms. The molecular formula is C15H19FO4. The maximum atomic E-state index is 13.8. The molecule has 4 nitrogen and oxygen atoms in total. The number of ether oxygens (including phenoxy) is 2. The molecule has 0 atom stereocenters. The van der Waals surface area contributed by atoms with Crippen LogP contribution in [-0.2, 0) is 20.9 Å². The van der Waals surface area contributed by atoms with E-state index in [0.717, 1.165) is 12.8 Å². The number of carbonyl (C=O) groups is 2. The number of ketones is 1. The molecule has 5 heteroatoms. The highest BCUT2D eigenvalue weighted by atomic mass is 19.1. The molecule has 0 amide bonds. The van der Waals surface area contributed by atoms with Crippen molar-refractivity contribution in [1.82, 2.24) is 0 Å². The van der Waals surface area contributed by atoms with Gasteiger partial charge in [0, 0.05) is 17.7 Å². The Hall–Kier alpha value is -1.75. The molecule has 0 unspecified atom stereocenters. The summed E-state index contributed by atoms with van der Waals surface area (Å²) in [6.07, 6.45) is 1.82. The highest BCUT2D eigenvalue weighted by Crippen LogP contribution is 2.16. The summed E-state index contributed by atoms with van der Waals surface area (Å²) in [6, 6.07) is 4.03. The predicted molar refractivity (Wildman–Crippen MR) is 71.9 cm³/mol. The van der Waals surface area contributed by atoms with Crippen molar-refractivity contribution in [2.75, 3.05) is 13.2 Å². The minimum Gasteiger partial charge on any atom is -0.460 e. The van der Waals surface area contributed by atoms with E-state index in [2.05, 4.69) is 4.74 Å². The smallest absolute Gasteiger partial charge is 0.379 e. The summed E-state index contributed by atoms with van der Waals surface area (Å²) in [6.45, 7) is 4.17. The van der Waals surface area contributed by atoms with Crippen LogP contribution in [-0.4, -0.2) is 25.0 Å². The fraction of sp³-hybridized carbons (Fsp3) is 0.467. The Balaban J connectivity index is 2.87. The molecule has 0 radical (unpaired) electrons. The van der Waals surface area contributed by atoms with Crippen LogP contribution in [0.1, 0.15) is 42.6 Å². The van der Waals surface area contributed by atoms with E-state index in [1.165, 1.54) is 18.2 Å². The Kier molecular flexibility index (Phi) is 6.87. The molecule has 0 aliphatic carbocycles. The highest BCUT2D eigenvalue weighted by Gasteiger charge is 2.22. The summed E-state index contributed by atoms with van der Waals surface area (Å²) >= 11 is 0. The highest BCUT2D eigenvalue weighted by molar-refractivity contribution is 6.41. The SMILES string of the molecule is CCCCOCc1c(F)cccc1C(=O)C(=O)OCC. The molecule has 0 N–H and O–H groups in total. The summed E-state index contributed by atoms with van der Waals surface area (Å²) in [5.74, 6) is -2.38. The van der Waals surface area contributed by atoms with Gasteiger partial charge in [-0.15, -0.1) is 0 Å². The Morgan fingerprint density at radius 1 is 1.25 bits per heavy atom. The Morgan fingerprint density at radius 3 is 2.65 bits per heavy atom. The standard InChI is InChI=1S/C15H19FO4/c1-3-5-9-19-10-12-11(7-6-8-13(12)16)14(17)15(18)20-4-2/h6-8H,3-5,9-10H2,1-2H3. The maximum absolute atomic E-state index is 13.8. The van der Waals surface area contributed by atoms with Gasteiger partial charge in [-0.05, 0) is 19.4 Å². The summed E-state index contributed by atoms with van der Waals surface area (Å²) in [5.41, 5.74) is 0.0987. The molecule has 0 aliphatic rings. The maximum Gasteiger partial charge on any atom is 0.379 e. The summed E-state index contributed by atoms with van der Waals surface area (Å²) < 4.78 is 23.8. The monoisotopic (exact) mass is 282 g/mol. The van der Waals surface area contributed by atoms with Gasteiger partial charge in [-0.2, -0.15) is 0 Å². The van der Waals surface area contributed by atoms with Gasteiger partial charge in [-0.3, -0.25) is 4.79 Å². The number of hydrogen-bond acceptors (Lipinski definition) is 4. The number of Topliss-reactive ketones (excluding diaryl/α,β-unsaturated/α-hetero) is 1. The molecule has 1 rings (SSSR count). The quantitative estimate of drug-likeness (QED) is 0.318. The van der Waals surface area contributed by atoms with Gasteiger partial charge >= 0.3 is 5.97 Å². The van der Waals surface area contributed by atoms with Gasteiger partial charge < -0.3 is 9.47 Å². The fourth-order valence-corrected chi connectivity index (χ4v) is 1.65. The normalized spacial score (nSPS) is 10.3. The van der Waals surface area contributed by atoms with Crippen LogP contribution in [0.5, 0.6) is 0 Å². The van der Waals surface area contributed by atoms with Gasteiger partial charge in [-0.25, -0.2) is 9.18 Å². The van der Waals surface area contributed by atoms with Gasteiger partial charge in [0.2, 0.25) is 0 Å². The number of carbonyl (C=O) groups excluding carboxylic acids is 2. The molecule has 0 saturated carbocycles. The second-order valence-electron chi connectivity index (χ2n) is 4.22. The van der Waals surface area contributed by atoms with Crippen LogP contribution >= 0.6 is 0 Å². The first kappa shape index (κ1) is 16.3. The zero-order valence-electron chi connectivity index (χ0n) is 11.8. The van der Waals surface area contributed by atoms with Crippen molar-refractivity contribution in [3.63, 3.8) is 0 Å². The van der Waals surface area contributed by atoms with E-state index >= 15 is 0 Å². The lowest BCUT2D eigenvalue weighted by molar-refractivity contribution is -0.137. The van der Waals surface area contributed by atoms with Gasteiger partial charge in [-0.1, -0.05) is 25.5 Å². The average molecular weight is 282 g/mol. The number of rotatable bonds is 8. The zero-order valence-corrected chi connectivity index (χ0v) is 11.8. The molecule has 110 valence electrons. The number of hydrogen-bond donors (Lipinski definition) is 0. The number of esters is 1. The second kappa shape index (κ2) is 8.43. The van der Waals surface area contributed by atoms with E-state index in [9.17, 15) is 14.0 Å². The molecule has 0 aromatic heterocycles. The van der Waals surface area contributed by atoms with E-state index in [1.807, 2.05) is 6.92 Å². The van der Waals surface area contributed by atoms with Gasteiger partial charge in [0.25, 0.3) is 5.78 Å². The number of halogens is 1. The van der Waals surface area contributed by atoms with E-state index < -0.39 is 17.6 Å². The van der Waals surface area contributed by atoms with Crippen molar-refractivity contribution < 1.29 is 23.5 Å². The van der Waals surface area contributed by atoms with Crippen molar-refractivity contribution in [2.24, 2.45) is 0 Å². The third-order valence-corrected chi connectivity index (χ3v) is 2.71. The van der Waals surface area contributed by atoms with Crippen LogP contribution in [0.15, 0.2) is 18.2 Å². The lowest BCUT2D eigenvalue weighted by Crippen LogP contribution is -2.20. The Labute approximate surface area is 117 Å². The third kappa shape index (κ3) is 4.42. The Bertz CT molecular complexity index is 471. The Morgan fingerprint density at radius 2 is 2.00 bits per heavy atom. The fourth-order valence-electron chi connectivity index (χ4n) is 1.65. The largest absolute Gasteiger partial charge is 0.460 e. The number of benzene rings is 1. The predicted octanol–water partition coefficient (Wildman–Crippen LogP) is 2.89. The molecule has 0 aliphatic heterocycles. The van der Waals surface area contributed by atoms with Crippen molar-refractivity contribution in [1.29, 1.82) is 0 Å². The van der Waals surface area contributed by atoms with Gasteiger partial charge in [0.15, 0.2) is 0 Å². The molecule has 1 aromatic carbocycles. The molecule has 1 aromatic rings. The van der Waals surface area contributed by atoms with E-state index in [-0.39, 0.29) is 24.3 Å². The molecule has 0 saturated heterocycles. The molecule has 0 spiro atoms. The average Bonchev–Trinajstić information content (AvgIpc) is 2.44. The molecule has 0 bridgehead atoms. The summed E-state index contributed by atoms with van der Waals surface area (Å²) in [5, 5.41) is 0. The van der Waals surface area contributed by atoms with Crippen LogP contribution in [0.4, 0.5) is 4.39 Å². The van der Waals surface area contributed by atoms with Crippen LogP contribution < -0.4 is 0 Å². The van der Waals surface area contributed by atoms with Crippen LogP contribution in [0.3, 0.4) is 0 Å². The number of unbranched alkanes of at least 4 members (excludes halogenated alkanes) is 1. The van der Waals surface area contributed by atoms with E-state index in [4.69, 9.17) is 4.74 Å². The molecule has 0 fully saturated rings. The molecular weight excluding hydrogens is 263 g/mol. The minimum atomic E-state index is -0.979. The van der Waals surface area contributed by atoms with Gasteiger partial charge in [0.05, 0.1) is 13.2 Å². The van der Waals surface area contributed by atoms with Gasteiger partial charge in [0.1, 0.15) is 5.82 Å². The third-order valence-electron chi connectivity index (χ3n) is 2.71.